The number of allylic oxidation sites excluding steroid dienone is 3. The SMILES string of the molecule is C[C@H](O)c1cc2c(cc1O)C(=O)[C@H]1C=C(O)C=C(O)[C@H]1C2=O. The van der Waals surface area contributed by atoms with E-state index in [1.165, 1.54) is 19.1 Å². The maximum atomic E-state index is 12.6. The minimum absolute atomic E-state index is 0.0203. The number of aliphatic hydroxyl groups excluding tert-OH is 3. The highest BCUT2D eigenvalue weighted by Crippen LogP contribution is 2.40. The van der Waals surface area contributed by atoms with Crippen LogP contribution in [0.1, 0.15) is 39.3 Å². The predicted octanol–water partition coefficient (Wildman–Crippen LogP) is 1.95. The molecule has 0 bridgehead atoms. The molecule has 3 atom stereocenters. The van der Waals surface area contributed by atoms with Crippen LogP contribution in [0.2, 0.25) is 0 Å². The molecular formula is C16H14O6. The summed E-state index contributed by atoms with van der Waals surface area (Å²) in [5, 5.41) is 38.9. The Hall–Kier alpha value is -2.60. The number of aromatic hydroxyl groups is 1. The number of hydrogen-bond acceptors (Lipinski definition) is 6. The lowest BCUT2D eigenvalue weighted by atomic mass is 9.70. The Bertz CT molecular complexity index is 756. The first-order valence-electron chi connectivity index (χ1n) is 6.76. The van der Waals surface area contributed by atoms with Crippen LogP contribution >= 0.6 is 0 Å². The van der Waals surface area contributed by atoms with Crippen molar-refractivity contribution in [2.24, 2.45) is 11.8 Å². The molecule has 0 saturated heterocycles. The van der Waals surface area contributed by atoms with Gasteiger partial charge in [-0.1, -0.05) is 0 Å². The average molecular weight is 302 g/mol. The first-order valence-corrected chi connectivity index (χ1v) is 6.76. The normalized spacial score (nSPS) is 25.0. The lowest BCUT2D eigenvalue weighted by molar-refractivity contribution is 0.0752. The molecule has 3 rings (SSSR count). The third-order valence-electron chi connectivity index (χ3n) is 4.06. The van der Waals surface area contributed by atoms with E-state index >= 15 is 0 Å². The summed E-state index contributed by atoms with van der Waals surface area (Å²) in [5.41, 5.74) is 0.206. The number of phenols is 1. The molecule has 0 saturated carbocycles. The predicted molar refractivity (Wildman–Crippen MR) is 75.8 cm³/mol. The van der Waals surface area contributed by atoms with Crippen LogP contribution < -0.4 is 0 Å². The fourth-order valence-corrected chi connectivity index (χ4v) is 2.97. The zero-order valence-corrected chi connectivity index (χ0v) is 11.6. The molecule has 2 aliphatic rings. The van der Waals surface area contributed by atoms with E-state index in [0.717, 1.165) is 12.1 Å². The molecule has 0 fully saturated rings. The van der Waals surface area contributed by atoms with Gasteiger partial charge in [0.2, 0.25) is 0 Å². The number of phenolic OH excluding ortho intramolecular Hbond substituents is 1. The van der Waals surface area contributed by atoms with Gasteiger partial charge in [-0.05, 0) is 25.1 Å². The molecule has 0 amide bonds. The zero-order chi connectivity index (χ0) is 16.2. The Labute approximate surface area is 125 Å². The van der Waals surface area contributed by atoms with Gasteiger partial charge < -0.3 is 20.4 Å². The van der Waals surface area contributed by atoms with E-state index in [1.807, 2.05) is 0 Å². The molecule has 0 aromatic heterocycles. The Morgan fingerprint density at radius 2 is 1.68 bits per heavy atom. The standard InChI is InChI=1S/C16H14O6/c1-6(17)8-4-9-10(5-12(8)19)15(21)11-2-7(18)3-13(20)14(11)16(9)22/h2-6,11,14,17-20H,1H3/t6-,11-,14-/m0/s1. The number of fused-ring (bicyclic) bond motifs is 2. The Morgan fingerprint density at radius 1 is 1.05 bits per heavy atom. The summed E-state index contributed by atoms with van der Waals surface area (Å²) in [6, 6.07) is 2.42. The van der Waals surface area contributed by atoms with Crippen molar-refractivity contribution >= 4 is 11.6 Å². The van der Waals surface area contributed by atoms with Gasteiger partial charge in [0.15, 0.2) is 11.6 Å². The molecule has 0 spiro atoms. The van der Waals surface area contributed by atoms with Gasteiger partial charge in [-0.2, -0.15) is 0 Å². The van der Waals surface area contributed by atoms with Crippen LogP contribution in [-0.4, -0.2) is 32.0 Å². The number of carbonyl (C=O) groups is 2. The number of aliphatic hydroxyl groups is 3. The second kappa shape index (κ2) is 4.71. The molecule has 0 radical (unpaired) electrons. The van der Waals surface area contributed by atoms with E-state index < -0.39 is 29.5 Å². The Morgan fingerprint density at radius 3 is 2.32 bits per heavy atom. The maximum Gasteiger partial charge on any atom is 0.175 e. The number of Topliss-reactive ketones (excluding diaryl/α,β-unsaturated/α-hetero) is 2. The second-order valence-electron chi connectivity index (χ2n) is 5.53. The van der Waals surface area contributed by atoms with E-state index in [-0.39, 0.29) is 34.0 Å². The van der Waals surface area contributed by atoms with Crippen LogP contribution in [0.3, 0.4) is 0 Å². The zero-order valence-electron chi connectivity index (χ0n) is 11.6. The third kappa shape index (κ3) is 1.92. The summed E-state index contributed by atoms with van der Waals surface area (Å²) in [5.74, 6) is -3.98. The van der Waals surface area contributed by atoms with Crippen molar-refractivity contribution in [2.75, 3.05) is 0 Å². The van der Waals surface area contributed by atoms with Gasteiger partial charge >= 0.3 is 0 Å². The van der Waals surface area contributed by atoms with E-state index in [1.54, 1.807) is 0 Å². The van der Waals surface area contributed by atoms with Crippen LogP contribution in [0.25, 0.3) is 0 Å². The monoisotopic (exact) mass is 302 g/mol. The van der Waals surface area contributed by atoms with Crippen LogP contribution in [0.4, 0.5) is 0 Å². The molecule has 6 nitrogen and oxygen atoms in total. The quantitative estimate of drug-likeness (QED) is 0.630. The summed E-state index contributed by atoms with van der Waals surface area (Å²) in [7, 11) is 0. The van der Waals surface area contributed by atoms with Crippen LogP contribution in [0, 0.1) is 11.8 Å². The molecule has 4 N–H and O–H groups in total. The van der Waals surface area contributed by atoms with Gasteiger partial charge in [-0.3, -0.25) is 9.59 Å². The number of rotatable bonds is 1. The van der Waals surface area contributed by atoms with Gasteiger partial charge in [0, 0.05) is 22.8 Å². The highest BCUT2D eigenvalue weighted by atomic mass is 16.3. The summed E-state index contributed by atoms with van der Waals surface area (Å²) in [6.45, 7) is 1.43. The van der Waals surface area contributed by atoms with E-state index in [2.05, 4.69) is 0 Å². The highest BCUT2D eigenvalue weighted by Gasteiger charge is 2.45. The molecule has 0 aliphatic heterocycles. The number of hydrogen-bond donors (Lipinski definition) is 4. The summed E-state index contributed by atoms with van der Waals surface area (Å²) >= 11 is 0. The minimum Gasteiger partial charge on any atom is -0.511 e. The largest absolute Gasteiger partial charge is 0.511 e. The fourth-order valence-electron chi connectivity index (χ4n) is 2.97. The van der Waals surface area contributed by atoms with E-state index in [0.29, 0.717) is 0 Å². The van der Waals surface area contributed by atoms with Crippen LogP contribution in [0.15, 0.2) is 35.8 Å². The molecule has 114 valence electrons. The minimum atomic E-state index is -1.08. The van der Waals surface area contributed by atoms with Crippen molar-refractivity contribution in [3.63, 3.8) is 0 Å². The molecule has 2 aliphatic carbocycles. The molecule has 22 heavy (non-hydrogen) atoms. The lowest BCUT2D eigenvalue weighted by Gasteiger charge is -2.31. The summed E-state index contributed by atoms with van der Waals surface area (Å²) < 4.78 is 0. The summed E-state index contributed by atoms with van der Waals surface area (Å²) in [4.78, 5) is 25.1. The Kier molecular flexibility index (Phi) is 3.07. The highest BCUT2D eigenvalue weighted by molar-refractivity contribution is 6.18. The van der Waals surface area contributed by atoms with Gasteiger partial charge in [-0.25, -0.2) is 0 Å². The number of ketones is 2. The molecule has 6 heteroatoms. The molecule has 1 aromatic rings. The number of benzene rings is 1. The third-order valence-corrected chi connectivity index (χ3v) is 4.06. The van der Waals surface area contributed by atoms with Crippen molar-refractivity contribution in [1.82, 2.24) is 0 Å². The second-order valence-corrected chi connectivity index (χ2v) is 5.53. The maximum absolute atomic E-state index is 12.6. The first-order chi connectivity index (χ1) is 10.3. The molecule has 0 heterocycles. The lowest BCUT2D eigenvalue weighted by Crippen LogP contribution is -2.38. The van der Waals surface area contributed by atoms with E-state index in [4.69, 9.17) is 0 Å². The van der Waals surface area contributed by atoms with Crippen LogP contribution in [-0.2, 0) is 0 Å². The van der Waals surface area contributed by atoms with Gasteiger partial charge in [-0.15, -0.1) is 0 Å². The topological polar surface area (TPSA) is 115 Å². The van der Waals surface area contributed by atoms with Crippen molar-refractivity contribution < 1.29 is 30.0 Å². The molecule has 0 unspecified atom stereocenters. The van der Waals surface area contributed by atoms with Crippen LogP contribution in [0.5, 0.6) is 5.75 Å². The average Bonchev–Trinajstić information content (AvgIpc) is 2.43. The fraction of sp³-hybridized carbons (Fsp3) is 0.250. The first kappa shape index (κ1) is 14.3. The van der Waals surface area contributed by atoms with Crippen molar-refractivity contribution in [3.8, 4) is 5.75 Å². The smallest absolute Gasteiger partial charge is 0.175 e. The van der Waals surface area contributed by atoms with Gasteiger partial charge in [0.25, 0.3) is 0 Å². The van der Waals surface area contributed by atoms with E-state index in [9.17, 15) is 30.0 Å². The summed E-state index contributed by atoms with van der Waals surface area (Å²) in [6.07, 6.45) is 1.24. The van der Waals surface area contributed by atoms with Crippen molar-refractivity contribution in [1.29, 1.82) is 0 Å². The van der Waals surface area contributed by atoms with Crippen molar-refractivity contribution in [2.45, 2.75) is 13.0 Å². The van der Waals surface area contributed by atoms with Crippen molar-refractivity contribution in [3.05, 3.63) is 52.5 Å². The molecular weight excluding hydrogens is 288 g/mol. The van der Waals surface area contributed by atoms with Gasteiger partial charge in [0.05, 0.1) is 17.9 Å². The number of carbonyl (C=O) groups excluding carboxylic acids is 2. The Balaban J connectivity index is 2.21. The molecule has 1 aromatic carbocycles. The van der Waals surface area contributed by atoms with Gasteiger partial charge in [0.1, 0.15) is 17.3 Å².